The van der Waals surface area contributed by atoms with Gasteiger partial charge in [-0.25, -0.2) is 14.0 Å². The highest BCUT2D eigenvalue weighted by Gasteiger charge is 2.31. The van der Waals surface area contributed by atoms with Crippen molar-refractivity contribution in [2.24, 2.45) is 11.8 Å². The summed E-state index contributed by atoms with van der Waals surface area (Å²) >= 11 is 0. The lowest BCUT2D eigenvalue weighted by molar-refractivity contribution is -0.141. The molecule has 4 rings (SSSR count). The molecular formula is C28H34FN3O4. The second kappa shape index (κ2) is 11.1. The summed E-state index contributed by atoms with van der Waals surface area (Å²) in [5, 5.41) is 17.7. The van der Waals surface area contributed by atoms with Gasteiger partial charge in [-0.3, -0.25) is 4.79 Å². The van der Waals surface area contributed by atoms with E-state index in [-0.39, 0.29) is 17.2 Å². The number of carbonyl (C=O) groups is 3. The number of carbonyl (C=O) groups excluding carboxylic acids is 2. The van der Waals surface area contributed by atoms with Crippen LogP contribution in [0, 0.1) is 31.5 Å². The van der Waals surface area contributed by atoms with Crippen LogP contribution < -0.4 is 16.0 Å². The quantitative estimate of drug-likeness (QED) is 0.371. The van der Waals surface area contributed by atoms with Crippen molar-refractivity contribution in [1.29, 1.82) is 0 Å². The van der Waals surface area contributed by atoms with Crippen molar-refractivity contribution < 1.29 is 23.9 Å². The van der Waals surface area contributed by atoms with Crippen LogP contribution in [-0.2, 0) is 11.2 Å². The van der Waals surface area contributed by atoms with Crippen molar-refractivity contribution in [3.8, 4) is 0 Å². The highest BCUT2D eigenvalue weighted by molar-refractivity contribution is 6.07. The smallest absolute Gasteiger partial charge is 0.326 e. The molecule has 7 nitrogen and oxygen atoms in total. The maximum Gasteiger partial charge on any atom is 0.326 e. The van der Waals surface area contributed by atoms with E-state index in [9.17, 15) is 23.9 Å². The molecule has 0 saturated heterocycles. The van der Waals surface area contributed by atoms with E-state index in [1.54, 1.807) is 0 Å². The van der Waals surface area contributed by atoms with Gasteiger partial charge in [0.1, 0.15) is 11.9 Å². The van der Waals surface area contributed by atoms with E-state index in [0.717, 1.165) is 67.7 Å². The van der Waals surface area contributed by atoms with E-state index < -0.39 is 29.8 Å². The van der Waals surface area contributed by atoms with Crippen LogP contribution in [0.15, 0.2) is 30.3 Å². The van der Waals surface area contributed by atoms with Crippen LogP contribution in [0.25, 0.3) is 0 Å². The molecule has 0 unspecified atom stereocenters. The van der Waals surface area contributed by atoms with Crippen LogP contribution in [0.5, 0.6) is 0 Å². The molecule has 8 heteroatoms. The molecule has 4 N–H and O–H groups in total. The topological polar surface area (TPSA) is 108 Å². The zero-order valence-corrected chi connectivity index (χ0v) is 20.8. The molecule has 2 fully saturated rings. The van der Waals surface area contributed by atoms with Gasteiger partial charge in [0.05, 0.1) is 11.3 Å². The molecule has 0 spiro atoms. The second-order valence-corrected chi connectivity index (χ2v) is 10.2. The zero-order valence-electron chi connectivity index (χ0n) is 20.8. The first-order chi connectivity index (χ1) is 17.2. The first-order valence-corrected chi connectivity index (χ1v) is 12.7. The molecule has 0 heterocycles. The Hall–Kier alpha value is -3.42. The number of nitrogens with one attached hydrogen (secondary N) is 3. The van der Waals surface area contributed by atoms with E-state index in [4.69, 9.17) is 0 Å². The lowest BCUT2D eigenvalue weighted by Crippen LogP contribution is -2.46. The molecule has 36 heavy (non-hydrogen) atoms. The first-order valence-electron chi connectivity index (χ1n) is 12.7. The molecule has 2 aliphatic carbocycles. The molecular weight excluding hydrogens is 461 g/mol. The van der Waals surface area contributed by atoms with Crippen molar-refractivity contribution in [1.82, 2.24) is 5.32 Å². The predicted molar refractivity (Wildman–Crippen MR) is 137 cm³/mol. The molecule has 0 aliphatic heterocycles. The Labute approximate surface area is 210 Å². The second-order valence-electron chi connectivity index (χ2n) is 10.2. The number of hydrogen-bond acceptors (Lipinski definition) is 3. The number of urea groups is 1. The minimum Gasteiger partial charge on any atom is -0.480 e. The highest BCUT2D eigenvalue weighted by atomic mass is 19.1. The van der Waals surface area contributed by atoms with Crippen molar-refractivity contribution in [2.75, 3.05) is 10.6 Å². The summed E-state index contributed by atoms with van der Waals surface area (Å²) in [5.41, 5.74) is 3.73. The number of carboxylic acids is 1. The minimum atomic E-state index is -1.10. The van der Waals surface area contributed by atoms with E-state index in [1.807, 2.05) is 13.8 Å². The summed E-state index contributed by atoms with van der Waals surface area (Å²) < 4.78 is 14.1. The Balaban J connectivity index is 1.48. The van der Waals surface area contributed by atoms with Gasteiger partial charge in [0.25, 0.3) is 5.91 Å². The van der Waals surface area contributed by atoms with Crippen molar-refractivity contribution in [2.45, 2.75) is 71.3 Å². The molecule has 2 saturated carbocycles. The highest BCUT2D eigenvalue weighted by Crippen LogP contribution is 2.34. The van der Waals surface area contributed by atoms with E-state index >= 15 is 0 Å². The molecule has 3 amide bonds. The monoisotopic (exact) mass is 495 g/mol. The van der Waals surface area contributed by atoms with Crippen molar-refractivity contribution in [3.05, 3.63) is 58.4 Å². The third-order valence-electron chi connectivity index (χ3n) is 7.20. The SMILES string of the molecule is Cc1cc(CC2CC2)cc(C)c1NC(=O)Nc1cc(F)ccc1C(=O)N[C@H](C(=O)O)C1CCCCC1. The Morgan fingerprint density at radius 3 is 2.25 bits per heavy atom. The van der Waals surface area contributed by atoms with Crippen LogP contribution >= 0.6 is 0 Å². The lowest BCUT2D eigenvalue weighted by atomic mass is 9.84. The lowest BCUT2D eigenvalue weighted by Gasteiger charge is -2.28. The van der Waals surface area contributed by atoms with E-state index in [1.165, 1.54) is 24.5 Å². The van der Waals surface area contributed by atoms with Gasteiger partial charge in [0.15, 0.2) is 0 Å². The molecule has 0 bridgehead atoms. The summed E-state index contributed by atoms with van der Waals surface area (Å²) in [7, 11) is 0. The van der Waals surface area contributed by atoms with Gasteiger partial charge in [0, 0.05) is 5.69 Å². The minimum absolute atomic E-state index is 0.00170. The summed E-state index contributed by atoms with van der Waals surface area (Å²) in [5.74, 6) is -1.79. The number of benzene rings is 2. The van der Waals surface area contributed by atoms with Gasteiger partial charge >= 0.3 is 12.0 Å². The van der Waals surface area contributed by atoms with Crippen LogP contribution in [0.3, 0.4) is 0 Å². The number of anilines is 2. The average Bonchev–Trinajstić information content (AvgIpc) is 3.64. The Kier molecular flexibility index (Phi) is 7.91. The maximum absolute atomic E-state index is 14.1. The zero-order chi connectivity index (χ0) is 25.8. The van der Waals surface area contributed by atoms with Crippen LogP contribution in [-0.4, -0.2) is 29.1 Å². The number of amides is 3. The molecule has 1 atom stereocenters. The largest absolute Gasteiger partial charge is 0.480 e. The maximum atomic E-state index is 14.1. The summed E-state index contributed by atoms with van der Waals surface area (Å²) in [6.45, 7) is 3.86. The molecule has 0 aromatic heterocycles. The summed E-state index contributed by atoms with van der Waals surface area (Å²) in [6.07, 6.45) is 7.92. The van der Waals surface area contributed by atoms with Crippen LogP contribution in [0.2, 0.25) is 0 Å². The van der Waals surface area contributed by atoms with Gasteiger partial charge in [0.2, 0.25) is 0 Å². The van der Waals surface area contributed by atoms with Crippen molar-refractivity contribution in [3.63, 3.8) is 0 Å². The van der Waals surface area contributed by atoms with E-state index in [0.29, 0.717) is 5.69 Å². The van der Waals surface area contributed by atoms with Crippen LogP contribution in [0.1, 0.15) is 72.0 Å². The fourth-order valence-electron chi connectivity index (χ4n) is 5.18. The van der Waals surface area contributed by atoms with Gasteiger partial charge in [-0.05, 0) is 92.7 Å². The van der Waals surface area contributed by atoms with Gasteiger partial charge < -0.3 is 21.1 Å². The van der Waals surface area contributed by atoms with Gasteiger partial charge in [-0.1, -0.05) is 31.4 Å². The third kappa shape index (κ3) is 6.42. The van der Waals surface area contributed by atoms with Crippen molar-refractivity contribution >= 4 is 29.3 Å². The fourth-order valence-corrected chi connectivity index (χ4v) is 5.18. The fraction of sp³-hybridized carbons (Fsp3) is 0.464. The normalized spacial score (nSPS) is 16.8. The summed E-state index contributed by atoms with van der Waals surface area (Å²) in [6, 6.07) is 5.91. The molecule has 192 valence electrons. The Morgan fingerprint density at radius 1 is 0.972 bits per heavy atom. The molecule has 0 radical (unpaired) electrons. The van der Waals surface area contributed by atoms with Gasteiger partial charge in [-0.15, -0.1) is 0 Å². The standard InChI is InChI=1S/C28H34FN3O4/c1-16-12-19(14-18-8-9-18)13-17(2)24(16)32-28(36)30-23-15-21(29)10-11-22(23)26(33)31-25(27(34)35)20-6-4-3-5-7-20/h10-13,15,18,20,25H,3-9,14H2,1-2H3,(H,31,33)(H,34,35)(H2,30,32,36)/t25-/m0/s1. The first kappa shape index (κ1) is 25.7. The Morgan fingerprint density at radius 2 is 1.64 bits per heavy atom. The van der Waals surface area contributed by atoms with E-state index in [2.05, 4.69) is 28.1 Å². The number of hydrogen-bond donors (Lipinski definition) is 4. The average molecular weight is 496 g/mol. The molecule has 2 aromatic rings. The number of rotatable bonds is 8. The Bertz CT molecular complexity index is 1130. The number of aliphatic carboxylic acids is 1. The molecule has 2 aliphatic rings. The third-order valence-corrected chi connectivity index (χ3v) is 7.20. The van der Waals surface area contributed by atoms with Crippen LogP contribution in [0.4, 0.5) is 20.6 Å². The summed E-state index contributed by atoms with van der Waals surface area (Å²) in [4.78, 5) is 37.8. The number of halogens is 1. The number of carboxylic acid groups (broad SMARTS) is 1. The van der Waals surface area contributed by atoms with Gasteiger partial charge in [-0.2, -0.15) is 0 Å². The molecule has 2 aromatic carbocycles. The number of aryl methyl sites for hydroxylation is 2. The predicted octanol–water partition coefficient (Wildman–Crippen LogP) is 5.80.